The minimum atomic E-state index is -0.529. The van der Waals surface area contributed by atoms with E-state index in [1.165, 1.54) is 11.5 Å². The lowest BCUT2D eigenvalue weighted by atomic mass is 10.1. The number of hydrogen-bond acceptors (Lipinski definition) is 5. The van der Waals surface area contributed by atoms with Gasteiger partial charge in [0.25, 0.3) is 5.56 Å². The number of carbonyl (C=O) groups excluding carboxylic acids is 1. The first-order chi connectivity index (χ1) is 13.7. The summed E-state index contributed by atoms with van der Waals surface area (Å²) in [5.41, 5.74) is 3.03. The van der Waals surface area contributed by atoms with Crippen molar-refractivity contribution in [2.45, 2.75) is 40.8 Å². The number of hydrogen-bond donors (Lipinski definition) is 0. The summed E-state index contributed by atoms with van der Waals surface area (Å²) >= 11 is 0. The van der Waals surface area contributed by atoms with Crippen molar-refractivity contribution in [1.82, 2.24) is 18.7 Å². The van der Waals surface area contributed by atoms with Crippen LogP contribution in [0.4, 0.5) is 11.6 Å². The molecule has 1 aliphatic rings. The van der Waals surface area contributed by atoms with Crippen LogP contribution in [0.5, 0.6) is 0 Å². The topological polar surface area (TPSA) is 82.1 Å². The van der Waals surface area contributed by atoms with Gasteiger partial charge in [-0.2, -0.15) is 4.98 Å². The highest BCUT2D eigenvalue weighted by Crippen LogP contribution is 2.33. The molecule has 0 N–H and O–H groups in total. The molecule has 0 amide bonds. The highest BCUT2D eigenvalue weighted by molar-refractivity contribution is 5.78. The predicted molar refractivity (Wildman–Crippen MR) is 112 cm³/mol. The van der Waals surface area contributed by atoms with E-state index in [2.05, 4.69) is 43.9 Å². The normalized spacial score (nSPS) is 16.3. The molecule has 1 aromatic carbocycles. The molecule has 8 nitrogen and oxygen atoms in total. The number of benzene rings is 1. The Morgan fingerprint density at radius 2 is 1.79 bits per heavy atom. The molecule has 0 aliphatic carbocycles. The van der Waals surface area contributed by atoms with Crippen molar-refractivity contribution in [3.05, 3.63) is 50.2 Å². The van der Waals surface area contributed by atoms with E-state index >= 15 is 0 Å². The monoisotopic (exact) mass is 395 g/mol. The summed E-state index contributed by atoms with van der Waals surface area (Å²) in [6.45, 7) is 8.75. The Morgan fingerprint density at radius 1 is 1.14 bits per heavy atom. The van der Waals surface area contributed by atoms with Crippen molar-refractivity contribution in [2.24, 2.45) is 13.0 Å². The minimum absolute atomic E-state index is 0.238. The number of rotatable bonds is 3. The minimum Gasteiger partial charge on any atom is -0.312 e. The van der Waals surface area contributed by atoms with Gasteiger partial charge in [-0.1, -0.05) is 13.0 Å². The second kappa shape index (κ2) is 6.72. The van der Waals surface area contributed by atoms with Gasteiger partial charge in [0.2, 0.25) is 5.95 Å². The number of nitrogens with zero attached hydrogens (tertiary/aromatic N) is 5. The van der Waals surface area contributed by atoms with Crippen molar-refractivity contribution in [3.63, 3.8) is 0 Å². The fraction of sp³-hybridized carbons (Fsp3) is 0.429. The fourth-order valence-corrected chi connectivity index (χ4v) is 4.19. The van der Waals surface area contributed by atoms with Crippen LogP contribution < -0.4 is 16.1 Å². The van der Waals surface area contributed by atoms with Gasteiger partial charge >= 0.3 is 5.69 Å². The molecular weight excluding hydrogens is 370 g/mol. The number of Topliss-reactive ketones (excluding diaryl/α,β-unsaturated/α-hetero) is 1. The van der Waals surface area contributed by atoms with Crippen molar-refractivity contribution in [2.75, 3.05) is 11.4 Å². The Kier molecular flexibility index (Phi) is 4.44. The molecule has 152 valence electrons. The van der Waals surface area contributed by atoms with Gasteiger partial charge in [-0.05, 0) is 49.9 Å². The summed E-state index contributed by atoms with van der Waals surface area (Å²) in [6, 6.07) is 6.31. The first-order valence-corrected chi connectivity index (χ1v) is 9.72. The van der Waals surface area contributed by atoms with Crippen LogP contribution in [0.3, 0.4) is 0 Å². The number of aromatic nitrogens is 4. The third kappa shape index (κ3) is 3.08. The number of aryl methyl sites for hydroxylation is 3. The maximum Gasteiger partial charge on any atom is 0.332 e. The zero-order chi connectivity index (χ0) is 21.0. The quantitative estimate of drug-likeness (QED) is 0.676. The van der Waals surface area contributed by atoms with E-state index in [9.17, 15) is 14.4 Å². The lowest BCUT2D eigenvalue weighted by molar-refractivity contribution is -0.117. The smallest absolute Gasteiger partial charge is 0.312 e. The van der Waals surface area contributed by atoms with Gasteiger partial charge in [0.1, 0.15) is 5.78 Å². The summed E-state index contributed by atoms with van der Waals surface area (Å²) in [7, 11) is 1.59. The maximum absolute atomic E-state index is 13.1. The van der Waals surface area contributed by atoms with Crippen molar-refractivity contribution in [3.8, 4) is 0 Å². The highest BCUT2D eigenvalue weighted by atomic mass is 16.2. The Hall–Kier alpha value is -3.16. The molecule has 29 heavy (non-hydrogen) atoms. The number of fused-ring (bicyclic) bond motifs is 3. The summed E-state index contributed by atoms with van der Waals surface area (Å²) in [6.07, 6.45) is 0. The van der Waals surface area contributed by atoms with E-state index in [1.54, 1.807) is 7.05 Å². The van der Waals surface area contributed by atoms with Crippen LogP contribution in [-0.4, -0.2) is 31.0 Å². The molecule has 0 spiro atoms. The van der Waals surface area contributed by atoms with Gasteiger partial charge in [0.05, 0.1) is 6.54 Å². The third-order valence-electron chi connectivity index (χ3n) is 5.34. The largest absolute Gasteiger partial charge is 0.332 e. The van der Waals surface area contributed by atoms with Gasteiger partial charge in [0.15, 0.2) is 11.2 Å². The lowest BCUT2D eigenvalue weighted by Crippen LogP contribution is -2.41. The molecule has 0 fully saturated rings. The average molecular weight is 395 g/mol. The molecule has 1 atom stereocenters. The summed E-state index contributed by atoms with van der Waals surface area (Å²) in [5.74, 6) is 0.682. The molecule has 8 heteroatoms. The van der Waals surface area contributed by atoms with Crippen LogP contribution in [0.2, 0.25) is 0 Å². The average Bonchev–Trinajstić information content (AvgIpc) is 3.01. The van der Waals surface area contributed by atoms with Crippen LogP contribution >= 0.6 is 0 Å². The zero-order valence-corrected chi connectivity index (χ0v) is 17.4. The molecule has 0 saturated heterocycles. The van der Waals surface area contributed by atoms with Gasteiger partial charge in [0, 0.05) is 25.8 Å². The van der Waals surface area contributed by atoms with Crippen LogP contribution in [0.1, 0.15) is 25.0 Å². The van der Waals surface area contributed by atoms with E-state index in [-0.39, 0.29) is 18.2 Å². The Bertz CT molecular complexity index is 1240. The summed E-state index contributed by atoms with van der Waals surface area (Å²) < 4.78 is 4.25. The number of carbonyl (C=O) groups is 1. The van der Waals surface area contributed by atoms with Gasteiger partial charge < -0.3 is 9.47 Å². The fourth-order valence-electron chi connectivity index (χ4n) is 4.19. The van der Waals surface area contributed by atoms with E-state index in [0.717, 1.165) is 27.9 Å². The highest BCUT2D eigenvalue weighted by Gasteiger charge is 2.30. The van der Waals surface area contributed by atoms with Crippen LogP contribution in [0, 0.1) is 19.8 Å². The van der Waals surface area contributed by atoms with Gasteiger partial charge in [-0.3, -0.25) is 18.7 Å². The van der Waals surface area contributed by atoms with Crippen LogP contribution in [0.15, 0.2) is 27.8 Å². The number of imidazole rings is 1. The van der Waals surface area contributed by atoms with Crippen LogP contribution in [0.25, 0.3) is 11.2 Å². The Morgan fingerprint density at radius 3 is 2.41 bits per heavy atom. The Balaban J connectivity index is 2.02. The second-order valence-electron chi connectivity index (χ2n) is 8.19. The van der Waals surface area contributed by atoms with Crippen LogP contribution in [-0.2, 0) is 24.9 Å². The molecule has 4 rings (SSSR count). The van der Waals surface area contributed by atoms with Gasteiger partial charge in [-0.25, -0.2) is 4.79 Å². The number of ketones is 1. The lowest BCUT2D eigenvalue weighted by Gasteiger charge is -2.33. The zero-order valence-electron chi connectivity index (χ0n) is 17.4. The molecule has 3 aromatic rings. The first-order valence-electron chi connectivity index (χ1n) is 9.72. The van der Waals surface area contributed by atoms with E-state index in [0.29, 0.717) is 23.7 Å². The van der Waals surface area contributed by atoms with Crippen molar-refractivity contribution >= 4 is 28.6 Å². The first kappa shape index (κ1) is 19.2. The third-order valence-corrected chi connectivity index (χ3v) is 5.34. The second-order valence-corrected chi connectivity index (χ2v) is 8.19. The molecule has 3 heterocycles. The van der Waals surface area contributed by atoms with E-state index in [1.807, 2.05) is 4.57 Å². The van der Waals surface area contributed by atoms with Crippen molar-refractivity contribution in [1.29, 1.82) is 0 Å². The SMILES string of the molecule is CC(=O)Cn1c(=O)c2c(nc3n2C[C@H](C)CN3c2cc(C)cc(C)c2)n(C)c1=O. The van der Waals surface area contributed by atoms with Crippen molar-refractivity contribution < 1.29 is 4.79 Å². The molecule has 1 aliphatic heterocycles. The molecule has 0 saturated carbocycles. The standard InChI is InChI=1S/C21H25N5O3/c1-12-6-13(2)8-16(7-12)24-9-14(3)10-25-17-18(22-20(24)25)23(5)21(29)26(19(17)28)11-15(4)27/h6-8,14H,9-11H2,1-5H3/t14-/m1/s1. The summed E-state index contributed by atoms with van der Waals surface area (Å²) in [5, 5.41) is 0. The molecule has 0 unspecified atom stereocenters. The van der Waals surface area contributed by atoms with Gasteiger partial charge in [-0.15, -0.1) is 0 Å². The maximum atomic E-state index is 13.1. The molecule has 0 radical (unpaired) electrons. The molecular formula is C21H25N5O3. The Labute approximate surface area is 168 Å². The number of anilines is 2. The predicted octanol–water partition coefficient (Wildman–Crippen LogP) is 1.89. The summed E-state index contributed by atoms with van der Waals surface area (Å²) in [4.78, 5) is 44.2. The van der Waals surface area contributed by atoms with E-state index < -0.39 is 11.2 Å². The van der Waals surface area contributed by atoms with E-state index in [4.69, 9.17) is 4.98 Å². The molecule has 2 aromatic heterocycles. The molecule has 0 bridgehead atoms.